The van der Waals surface area contributed by atoms with Gasteiger partial charge in [-0.15, -0.1) is 0 Å². The number of carbonyl (C=O) groups excluding carboxylic acids is 2. The van der Waals surface area contributed by atoms with Gasteiger partial charge >= 0.3 is 5.97 Å². The maximum absolute atomic E-state index is 12.2. The molecule has 0 aliphatic carbocycles. The summed E-state index contributed by atoms with van der Waals surface area (Å²) < 4.78 is 28.2. The molecule has 27 heavy (non-hydrogen) atoms. The second-order valence-electron chi connectivity index (χ2n) is 7.12. The first-order chi connectivity index (χ1) is 12.6. The summed E-state index contributed by atoms with van der Waals surface area (Å²) in [5.74, 6) is -1.26. The zero-order chi connectivity index (χ0) is 19.8. The number of aryl methyl sites for hydroxylation is 2. The van der Waals surface area contributed by atoms with E-state index >= 15 is 0 Å². The zero-order valence-corrected chi connectivity index (χ0v) is 16.2. The first-order valence-electron chi connectivity index (χ1n) is 8.50. The lowest BCUT2D eigenvalue weighted by molar-refractivity contribution is -0.125. The fraction of sp³-hybridized carbons (Fsp3) is 0.444. The summed E-state index contributed by atoms with van der Waals surface area (Å²) in [7, 11) is -3.14. The SMILES string of the molecule is Cc1nc2ccc(C(=O)OCC(=O)N[C@@]3(C)CCS(=O)(=O)C3)cc2nc1C. The van der Waals surface area contributed by atoms with Gasteiger partial charge in [-0.3, -0.25) is 4.79 Å². The maximum Gasteiger partial charge on any atom is 0.338 e. The van der Waals surface area contributed by atoms with Crippen molar-refractivity contribution in [2.24, 2.45) is 0 Å². The molecule has 2 heterocycles. The number of nitrogens with one attached hydrogen (secondary N) is 1. The van der Waals surface area contributed by atoms with Crippen molar-refractivity contribution in [3.05, 3.63) is 35.2 Å². The Morgan fingerprint density at radius 1 is 1.19 bits per heavy atom. The van der Waals surface area contributed by atoms with Crippen LogP contribution in [0, 0.1) is 13.8 Å². The van der Waals surface area contributed by atoms with Gasteiger partial charge in [-0.1, -0.05) is 0 Å². The van der Waals surface area contributed by atoms with E-state index in [0.29, 0.717) is 17.5 Å². The van der Waals surface area contributed by atoms with Gasteiger partial charge in [0, 0.05) is 0 Å². The van der Waals surface area contributed by atoms with E-state index in [-0.39, 0.29) is 17.1 Å². The van der Waals surface area contributed by atoms with Crippen LogP contribution < -0.4 is 5.32 Å². The van der Waals surface area contributed by atoms with Crippen molar-refractivity contribution in [1.82, 2.24) is 15.3 Å². The maximum atomic E-state index is 12.2. The molecule has 8 nitrogen and oxygen atoms in total. The molecule has 9 heteroatoms. The Hall–Kier alpha value is -2.55. The number of hydrogen-bond donors (Lipinski definition) is 1. The highest BCUT2D eigenvalue weighted by atomic mass is 32.2. The highest BCUT2D eigenvalue weighted by Crippen LogP contribution is 2.22. The Labute approximate surface area is 157 Å². The van der Waals surface area contributed by atoms with Crippen molar-refractivity contribution in [1.29, 1.82) is 0 Å². The number of rotatable bonds is 4. The Morgan fingerprint density at radius 2 is 1.85 bits per heavy atom. The predicted octanol–water partition coefficient (Wildman–Crippen LogP) is 1.10. The van der Waals surface area contributed by atoms with Crippen molar-refractivity contribution >= 4 is 32.7 Å². The Bertz CT molecular complexity index is 1030. The molecule has 2 aromatic rings. The van der Waals surface area contributed by atoms with Crippen LogP contribution >= 0.6 is 0 Å². The van der Waals surface area contributed by atoms with Crippen molar-refractivity contribution in [3.8, 4) is 0 Å². The number of amides is 1. The minimum atomic E-state index is -3.14. The molecule has 3 rings (SSSR count). The number of fused-ring (bicyclic) bond motifs is 1. The third kappa shape index (κ3) is 4.41. The number of carbonyl (C=O) groups is 2. The van der Waals surface area contributed by atoms with Crippen LogP contribution in [-0.2, 0) is 19.4 Å². The molecule has 0 spiro atoms. The third-order valence-electron chi connectivity index (χ3n) is 4.59. The molecular weight excluding hydrogens is 370 g/mol. The lowest BCUT2D eigenvalue weighted by Crippen LogP contribution is -2.48. The Balaban J connectivity index is 1.63. The summed E-state index contributed by atoms with van der Waals surface area (Å²) in [4.78, 5) is 33.1. The zero-order valence-electron chi connectivity index (χ0n) is 15.4. The highest BCUT2D eigenvalue weighted by Gasteiger charge is 2.39. The number of sulfone groups is 1. The third-order valence-corrected chi connectivity index (χ3v) is 6.49. The predicted molar refractivity (Wildman–Crippen MR) is 99.1 cm³/mol. The molecular formula is C18H21N3O5S. The van der Waals surface area contributed by atoms with Crippen molar-refractivity contribution in [2.45, 2.75) is 32.7 Å². The molecule has 1 N–H and O–H groups in total. The molecule has 0 bridgehead atoms. The lowest BCUT2D eigenvalue weighted by atomic mass is 10.0. The van der Waals surface area contributed by atoms with Gasteiger partial charge in [0.1, 0.15) is 0 Å². The van der Waals surface area contributed by atoms with E-state index in [2.05, 4.69) is 15.3 Å². The Morgan fingerprint density at radius 3 is 2.48 bits per heavy atom. The first kappa shape index (κ1) is 19.2. The van der Waals surface area contributed by atoms with E-state index in [1.165, 1.54) is 0 Å². The Kier molecular flexibility index (Phi) is 4.90. The van der Waals surface area contributed by atoms with E-state index in [9.17, 15) is 18.0 Å². The van der Waals surface area contributed by atoms with Gasteiger partial charge < -0.3 is 10.1 Å². The van der Waals surface area contributed by atoms with Crippen LogP contribution in [0.1, 0.15) is 35.1 Å². The summed E-state index contributed by atoms with van der Waals surface area (Å²) in [6.07, 6.45) is 0.344. The number of benzene rings is 1. The molecule has 1 fully saturated rings. The van der Waals surface area contributed by atoms with Gasteiger partial charge in [-0.25, -0.2) is 23.2 Å². The fourth-order valence-corrected chi connectivity index (χ4v) is 5.15. The number of esters is 1. The van der Waals surface area contributed by atoms with Crippen molar-refractivity contribution in [3.63, 3.8) is 0 Å². The van der Waals surface area contributed by atoms with Crippen LogP contribution in [0.15, 0.2) is 18.2 Å². The molecule has 1 aliphatic heterocycles. The average Bonchev–Trinajstić information content (AvgIpc) is 2.86. The van der Waals surface area contributed by atoms with Gasteiger partial charge in [0.2, 0.25) is 0 Å². The number of hydrogen-bond acceptors (Lipinski definition) is 7. The van der Waals surface area contributed by atoms with Gasteiger partial charge in [-0.2, -0.15) is 0 Å². The average molecular weight is 391 g/mol. The van der Waals surface area contributed by atoms with Crippen LogP contribution in [0.2, 0.25) is 0 Å². The normalized spacial score (nSPS) is 21.1. The number of nitrogens with zero attached hydrogens (tertiary/aromatic N) is 2. The molecule has 1 aromatic heterocycles. The topological polar surface area (TPSA) is 115 Å². The van der Waals surface area contributed by atoms with Crippen molar-refractivity contribution < 1.29 is 22.7 Å². The van der Waals surface area contributed by atoms with Crippen LogP contribution in [0.3, 0.4) is 0 Å². The largest absolute Gasteiger partial charge is 0.452 e. The number of aromatic nitrogens is 2. The molecule has 1 saturated heterocycles. The van der Waals surface area contributed by atoms with Crippen LogP contribution in [0.25, 0.3) is 11.0 Å². The van der Waals surface area contributed by atoms with Gasteiger partial charge in [0.25, 0.3) is 5.91 Å². The summed E-state index contributed by atoms with van der Waals surface area (Å²) >= 11 is 0. The molecule has 1 aliphatic rings. The minimum absolute atomic E-state index is 0.0422. The first-order valence-corrected chi connectivity index (χ1v) is 10.3. The van der Waals surface area contributed by atoms with Crippen LogP contribution in [-0.4, -0.2) is 53.9 Å². The van der Waals surface area contributed by atoms with E-state index in [4.69, 9.17) is 4.74 Å². The van der Waals surface area contributed by atoms with Crippen LogP contribution in [0.5, 0.6) is 0 Å². The highest BCUT2D eigenvalue weighted by molar-refractivity contribution is 7.91. The van der Waals surface area contributed by atoms with Gasteiger partial charge in [0.15, 0.2) is 16.4 Å². The number of ether oxygens (including phenoxy) is 1. The molecule has 0 saturated carbocycles. The minimum Gasteiger partial charge on any atom is -0.452 e. The van der Waals surface area contributed by atoms with Gasteiger partial charge in [-0.05, 0) is 45.4 Å². The summed E-state index contributed by atoms with van der Waals surface area (Å²) in [6, 6.07) is 4.81. The lowest BCUT2D eigenvalue weighted by Gasteiger charge is -2.23. The molecule has 144 valence electrons. The van der Waals surface area contributed by atoms with Crippen LogP contribution in [0.4, 0.5) is 0 Å². The summed E-state index contributed by atoms with van der Waals surface area (Å²) in [5, 5.41) is 2.64. The van der Waals surface area contributed by atoms with Crippen molar-refractivity contribution in [2.75, 3.05) is 18.1 Å². The molecule has 1 atom stereocenters. The second kappa shape index (κ2) is 6.88. The fourth-order valence-electron chi connectivity index (χ4n) is 3.05. The molecule has 0 unspecified atom stereocenters. The van der Waals surface area contributed by atoms with E-state index in [0.717, 1.165) is 11.4 Å². The monoisotopic (exact) mass is 391 g/mol. The molecule has 1 amide bonds. The smallest absolute Gasteiger partial charge is 0.338 e. The summed E-state index contributed by atoms with van der Waals surface area (Å²) in [5.41, 5.74) is 2.27. The van der Waals surface area contributed by atoms with E-state index in [1.807, 2.05) is 13.8 Å². The van der Waals surface area contributed by atoms with Gasteiger partial charge in [0.05, 0.1) is 45.0 Å². The molecule has 0 radical (unpaired) electrons. The molecule has 1 aromatic carbocycles. The van der Waals surface area contributed by atoms with E-state index < -0.39 is 33.9 Å². The second-order valence-corrected chi connectivity index (χ2v) is 9.31. The quantitative estimate of drug-likeness (QED) is 0.776. The summed E-state index contributed by atoms with van der Waals surface area (Å²) in [6.45, 7) is 4.88. The van der Waals surface area contributed by atoms with E-state index in [1.54, 1.807) is 25.1 Å². The standard InChI is InChI=1S/C18H21N3O5S/c1-11-12(2)20-15-8-13(4-5-14(15)19-11)17(23)26-9-16(22)21-18(3)6-7-27(24,25)10-18/h4-5,8H,6-7,9-10H2,1-3H3,(H,21,22)/t18-/m0/s1.